The molecule has 35 heavy (non-hydrogen) atoms. The summed E-state index contributed by atoms with van der Waals surface area (Å²) in [6.45, 7) is 0.375. The summed E-state index contributed by atoms with van der Waals surface area (Å²) in [6.07, 6.45) is 2.38. The Kier molecular flexibility index (Phi) is 7.56. The van der Waals surface area contributed by atoms with Crippen molar-refractivity contribution >= 4 is 28.9 Å². The number of para-hydroxylation sites is 1. The Hall–Kier alpha value is -4.41. The number of hydrogen-bond acceptors (Lipinski definition) is 5. The van der Waals surface area contributed by atoms with E-state index in [2.05, 4.69) is 5.32 Å². The van der Waals surface area contributed by atoms with Gasteiger partial charge in [0.2, 0.25) is 0 Å². The van der Waals surface area contributed by atoms with Crippen LogP contribution in [0.15, 0.2) is 89.7 Å². The quantitative estimate of drug-likeness (QED) is 0.440. The highest BCUT2D eigenvalue weighted by Gasteiger charge is 2.16. The lowest BCUT2D eigenvalue weighted by molar-refractivity contribution is -0.115. The van der Waals surface area contributed by atoms with E-state index in [1.54, 1.807) is 25.3 Å². The zero-order valence-electron chi connectivity index (χ0n) is 19.1. The SMILES string of the molecule is COc1ccc(/C=c2/s/c(=C(\C#N)C(=O)NCCc3ccccc3)n(-c3ccccc3)c2=O)cc1. The van der Waals surface area contributed by atoms with Gasteiger partial charge in [0, 0.05) is 6.54 Å². The van der Waals surface area contributed by atoms with Crippen LogP contribution in [-0.2, 0) is 11.2 Å². The highest BCUT2D eigenvalue weighted by Crippen LogP contribution is 2.11. The summed E-state index contributed by atoms with van der Waals surface area (Å²) in [5.41, 5.74) is 2.08. The Bertz CT molecular complexity index is 1530. The number of nitriles is 1. The Morgan fingerprint density at radius 3 is 2.31 bits per heavy atom. The van der Waals surface area contributed by atoms with Gasteiger partial charge in [-0.2, -0.15) is 5.26 Å². The van der Waals surface area contributed by atoms with Gasteiger partial charge in [-0.1, -0.05) is 60.7 Å². The molecule has 174 valence electrons. The van der Waals surface area contributed by atoms with Crippen molar-refractivity contribution in [1.82, 2.24) is 9.88 Å². The first-order valence-electron chi connectivity index (χ1n) is 11.0. The standard InChI is InChI=1S/C28H23N3O3S/c1-34-23-14-12-21(13-15-23)18-25-27(33)31(22-10-6-3-7-11-22)28(35-25)24(19-29)26(32)30-17-16-20-8-4-2-5-9-20/h2-15,18H,16-17H2,1H3,(H,30,32)/b25-18+,28-24+. The predicted molar refractivity (Wildman–Crippen MR) is 138 cm³/mol. The number of nitrogens with zero attached hydrogens (tertiary/aromatic N) is 2. The number of aromatic nitrogens is 1. The lowest BCUT2D eigenvalue weighted by Gasteiger charge is -2.06. The Morgan fingerprint density at radius 1 is 1.03 bits per heavy atom. The molecule has 0 saturated carbocycles. The average Bonchev–Trinajstić information content (AvgIpc) is 3.21. The molecule has 0 saturated heterocycles. The molecule has 0 bridgehead atoms. The van der Waals surface area contributed by atoms with Crippen LogP contribution in [-0.4, -0.2) is 24.1 Å². The van der Waals surface area contributed by atoms with Gasteiger partial charge in [0.05, 0.1) is 17.3 Å². The van der Waals surface area contributed by atoms with E-state index in [-0.39, 0.29) is 11.1 Å². The molecule has 0 aliphatic carbocycles. The van der Waals surface area contributed by atoms with Crippen molar-refractivity contribution in [3.05, 3.63) is 116 Å². The number of nitrogens with one attached hydrogen (secondary N) is 1. The summed E-state index contributed by atoms with van der Waals surface area (Å²) in [4.78, 5) is 26.4. The number of thiazole rings is 1. The van der Waals surface area contributed by atoms with Crippen molar-refractivity contribution in [2.24, 2.45) is 0 Å². The van der Waals surface area contributed by atoms with E-state index in [0.29, 0.717) is 33.6 Å². The molecule has 0 radical (unpaired) electrons. The number of benzene rings is 3. The second-order valence-electron chi connectivity index (χ2n) is 7.64. The highest BCUT2D eigenvalue weighted by molar-refractivity contribution is 7.07. The second-order valence-corrected chi connectivity index (χ2v) is 8.67. The first-order chi connectivity index (χ1) is 17.1. The van der Waals surface area contributed by atoms with E-state index in [1.165, 1.54) is 4.57 Å². The Morgan fingerprint density at radius 2 is 1.69 bits per heavy atom. The van der Waals surface area contributed by atoms with E-state index in [1.807, 2.05) is 78.9 Å². The molecule has 1 heterocycles. The summed E-state index contributed by atoms with van der Waals surface area (Å²) in [7, 11) is 1.59. The summed E-state index contributed by atoms with van der Waals surface area (Å²) in [5, 5.41) is 12.7. The molecule has 3 aromatic carbocycles. The smallest absolute Gasteiger partial charge is 0.273 e. The average molecular weight is 482 g/mol. The molecular formula is C28H23N3O3S. The molecule has 0 aliphatic heterocycles. The molecule has 1 amide bonds. The lowest BCUT2D eigenvalue weighted by Crippen LogP contribution is -2.34. The van der Waals surface area contributed by atoms with Crippen LogP contribution in [0.25, 0.3) is 17.3 Å². The highest BCUT2D eigenvalue weighted by atomic mass is 32.1. The molecule has 1 N–H and O–H groups in total. The van der Waals surface area contributed by atoms with Crippen LogP contribution in [0.5, 0.6) is 5.75 Å². The molecule has 0 unspecified atom stereocenters. The summed E-state index contributed by atoms with van der Waals surface area (Å²) >= 11 is 1.12. The number of methoxy groups -OCH3 is 1. The van der Waals surface area contributed by atoms with Crippen LogP contribution in [0.1, 0.15) is 11.1 Å². The van der Waals surface area contributed by atoms with Crippen LogP contribution >= 0.6 is 11.3 Å². The fraction of sp³-hybridized carbons (Fsp3) is 0.107. The van der Waals surface area contributed by atoms with Crippen LogP contribution in [0.2, 0.25) is 0 Å². The molecule has 7 heteroatoms. The summed E-state index contributed by atoms with van der Waals surface area (Å²) < 4.78 is 7.33. The maximum Gasteiger partial charge on any atom is 0.273 e. The fourth-order valence-corrected chi connectivity index (χ4v) is 4.66. The minimum absolute atomic E-state index is 0.0987. The molecule has 0 fully saturated rings. The van der Waals surface area contributed by atoms with Crippen molar-refractivity contribution in [3.63, 3.8) is 0 Å². The van der Waals surface area contributed by atoms with Crippen LogP contribution < -0.4 is 24.8 Å². The van der Waals surface area contributed by atoms with Gasteiger partial charge in [-0.15, -0.1) is 11.3 Å². The molecule has 0 atom stereocenters. The van der Waals surface area contributed by atoms with Crippen molar-refractivity contribution < 1.29 is 9.53 Å². The zero-order valence-corrected chi connectivity index (χ0v) is 19.9. The zero-order chi connectivity index (χ0) is 24.6. The predicted octanol–water partition coefficient (Wildman–Crippen LogP) is 2.77. The number of carbonyl (C=O) groups excluding carboxylic acids is 1. The van der Waals surface area contributed by atoms with Crippen LogP contribution in [0.3, 0.4) is 0 Å². The van der Waals surface area contributed by atoms with E-state index in [4.69, 9.17) is 4.74 Å². The van der Waals surface area contributed by atoms with Gasteiger partial charge < -0.3 is 10.1 Å². The molecule has 0 aliphatic rings. The van der Waals surface area contributed by atoms with Gasteiger partial charge in [0.1, 0.15) is 16.5 Å². The number of amides is 1. The van der Waals surface area contributed by atoms with Crippen molar-refractivity contribution in [1.29, 1.82) is 5.26 Å². The van der Waals surface area contributed by atoms with Crippen LogP contribution in [0.4, 0.5) is 0 Å². The molecule has 4 rings (SSSR count). The molecule has 1 aromatic heterocycles. The molecule has 4 aromatic rings. The summed E-state index contributed by atoms with van der Waals surface area (Å²) in [6, 6.07) is 28.1. The van der Waals surface area contributed by atoms with Crippen molar-refractivity contribution in [2.75, 3.05) is 13.7 Å². The third-order valence-corrected chi connectivity index (χ3v) is 6.44. The molecular weight excluding hydrogens is 458 g/mol. The minimum atomic E-state index is -0.509. The van der Waals surface area contributed by atoms with E-state index in [0.717, 1.165) is 22.5 Å². The number of ether oxygens (including phenoxy) is 1. The van der Waals surface area contributed by atoms with Gasteiger partial charge in [0.15, 0.2) is 5.57 Å². The summed E-state index contributed by atoms with van der Waals surface area (Å²) in [5.74, 6) is 0.202. The monoisotopic (exact) mass is 481 g/mol. The maximum absolute atomic E-state index is 13.4. The Labute approximate surface area is 206 Å². The number of hydrogen-bond donors (Lipinski definition) is 1. The van der Waals surface area contributed by atoms with Gasteiger partial charge in [0.25, 0.3) is 11.5 Å². The number of rotatable bonds is 7. The van der Waals surface area contributed by atoms with E-state index >= 15 is 0 Å². The van der Waals surface area contributed by atoms with E-state index < -0.39 is 5.91 Å². The fourth-order valence-electron chi connectivity index (χ4n) is 3.56. The van der Waals surface area contributed by atoms with Crippen LogP contribution in [0, 0.1) is 11.3 Å². The Balaban J connectivity index is 1.78. The van der Waals surface area contributed by atoms with Gasteiger partial charge in [-0.3, -0.25) is 14.2 Å². The van der Waals surface area contributed by atoms with Gasteiger partial charge in [-0.05, 0) is 47.9 Å². The number of carbonyl (C=O) groups is 1. The second kappa shape index (κ2) is 11.1. The normalized spacial score (nSPS) is 12.1. The minimum Gasteiger partial charge on any atom is -0.497 e. The van der Waals surface area contributed by atoms with Crippen molar-refractivity contribution in [2.45, 2.75) is 6.42 Å². The van der Waals surface area contributed by atoms with Gasteiger partial charge in [-0.25, -0.2) is 0 Å². The largest absolute Gasteiger partial charge is 0.497 e. The first-order valence-corrected chi connectivity index (χ1v) is 11.8. The topological polar surface area (TPSA) is 84.1 Å². The van der Waals surface area contributed by atoms with Gasteiger partial charge >= 0.3 is 0 Å². The van der Waals surface area contributed by atoms with Crippen molar-refractivity contribution in [3.8, 4) is 17.5 Å². The third kappa shape index (κ3) is 5.57. The lowest BCUT2D eigenvalue weighted by atomic mass is 10.1. The molecule has 0 spiro atoms. The maximum atomic E-state index is 13.4. The molecule has 6 nitrogen and oxygen atoms in total. The third-order valence-electron chi connectivity index (χ3n) is 5.35. The van der Waals surface area contributed by atoms with E-state index in [9.17, 15) is 14.9 Å². The first kappa shape index (κ1) is 23.7.